The van der Waals surface area contributed by atoms with Gasteiger partial charge in [0.15, 0.2) is 0 Å². The van der Waals surface area contributed by atoms with Gasteiger partial charge in [0.1, 0.15) is 23.0 Å². The number of nitrogens with one attached hydrogen (secondary N) is 1. The normalized spacial score (nSPS) is 15.3. The molecule has 1 fully saturated rings. The molecule has 1 aliphatic heterocycles. The third-order valence-corrected chi connectivity index (χ3v) is 6.74. The maximum atomic E-state index is 12.4. The van der Waals surface area contributed by atoms with E-state index in [1.165, 1.54) is 11.3 Å². The average Bonchev–Trinajstić information content (AvgIpc) is 3.55. The van der Waals surface area contributed by atoms with E-state index in [4.69, 9.17) is 14.2 Å². The van der Waals surface area contributed by atoms with Crippen molar-refractivity contribution in [3.63, 3.8) is 0 Å². The molecule has 196 valence electrons. The zero-order valence-corrected chi connectivity index (χ0v) is 22.3. The Bertz CT molecular complexity index is 1170. The summed E-state index contributed by atoms with van der Waals surface area (Å²) in [5, 5.41) is 3.62. The van der Waals surface area contributed by atoms with Crippen molar-refractivity contribution in [2.45, 2.75) is 45.9 Å². The molecule has 0 unspecified atom stereocenters. The number of ether oxygens (including phenoxy) is 3. The Kier molecular flexibility index (Phi) is 8.66. The van der Waals surface area contributed by atoms with Crippen molar-refractivity contribution in [1.82, 2.24) is 15.2 Å². The summed E-state index contributed by atoms with van der Waals surface area (Å²) in [6.07, 6.45) is 1.93. The molecule has 4 rings (SSSR count). The molecule has 37 heavy (non-hydrogen) atoms. The lowest BCUT2D eigenvalue weighted by Gasteiger charge is -2.19. The number of carbonyl (C=O) groups excluding carboxylic acids is 2. The van der Waals surface area contributed by atoms with Crippen LogP contribution in [-0.2, 0) is 22.6 Å². The molecule has 9 heteroatoms. The number of benzene rings is 2. The molecule has 1 aliphatic rings. The highest BCUT2D eigenvalue weighted by molar-refractivity contribution is 7.15. The van der Waals surface area contributed by atoms with Gasteiger partial charge < -0.3 is 24.4 Å². The number of carbonyl (C=O) groups is 2. The van der Waals surface area contributed by atoms with Gasteiger partial charge in [-0.3, -0.25) is 0 Å². The van der Waals surface area contributed by atoms with Gasteiger partial charge in [-0.25, -0.2) is 14.6 Å². The van der Waals surface area contributed by atoms with Crippen LogP contribution in [0.4, 0.5) is 9.59 Å². The maximum absolute atomic E-state index is 12.4. The molecule has 0 spiro atoms. The Hall–Kier alpha value is -3.59. The van der Waals surface area contributed by atoms with Crippen molar-refractivity contribution < 1.29 is 23.8 Å². The number of likely N-dealkylation sites (tertiary alicyclic amines) is 1. The van der Waals surface area contributed by atoms with Gasteiger partial charge in [0.2, 0.25) is 0 Å². The van der Waals surface area contributed by atoms with Crippen LogP contribution in [0, 0.1) is 5.92 Å². The second-order valence-corrected chi connectivity index (χ2v) is 11.1. The molecule has 1 atom stereocenters. The number of amides is 2. The van der Waals surface area contributed by atoms with Crippen molar-refractivity contribution in [3.05, 3.63) is 71.2 Å². The predicted molar refractivity (Wildman–Crippen MR) is 142 cm³/mol. The van der Waals surface area contributed by atoms with Gasteiger partial charge in [-0.2, -0.15) is 0 Å². The van der Waals surface area contributed by atoms with Crippen molar-refractivity contribution in [2.24, 2.45) is 5.92 Å². The summed E-state index contributed by atoms with van der Waals surface area (Å²) in [5.41, 5.74) is 1.43. The molecule has 3 aromatic rings. The van der Waals surface area contributed by atoms with Crippen LogP contribution in [-0.4, -0.2) is 47.4 Å². The second-order valence-electron chi connectivity index (χ2n) is 9.96. The first-order valence-electron chi connectivity index (χ1n) is 12.4. The molecular weight excluding hydrogens is 490 g/mol. The Labute approximate surface area is 221 Å². The zero-order chi connectivity index (χ0) is 26.3. The molecule has 0 saturated carbocycles. The molecule has 2 amide bonds. The standard InChI is InChI=1S/C28H33N3O5S/c1-28(2,3)36-26(32)30-16-24-15-29-25(37-24)22-9-11-23(12-10-22)34-19-21-13-14-31(17-21)27(33)35-18-20-7-5-4-6-8-20/h4-12,15,21H,13-14,16-19H2,1-3H3,(H,30,32)/t21-/m1/s1. The van der Waals surface area contributed by atoms with Gasteiger partial charge in [0, 0.05) is 35.6 Å². The number of hydrogen-bond acceptors (Lipinski definition) is 7. The highest BCUT2D eigenvalue weighted by atomic mass is 32.1. The molecule has 2 aromatic carbocycles. The van der Waals surface area contributed by atoms with E-state index in [0.29, 0.717) is 26.2 Å². The van der Waals surface area contributed by atoms with Crippen LogP contribution in [0.1, 0.15) is 37.6 Å². The van der Waals surface area contributed by atoms with Crippen molar-refractivity contribution in [2.75, 3.05) is 19.7 Å². The van der Waals surface area contributed by atoms with Crippen LogP contribution in [0.2, 0.25) is 0 Å². The smallest absolute Gasteiger partial charge is 0.410 e. The summed E-state index contributed by atoms with van der Waals surface area (Å²) >= 11 is 1.52. The van der Waals surface area contributed by atoms with Crippen LogP contribution >= 0.6 is 11.3 Å². The van der Waals surface area contributed by atoms with E-state index in [1.54, 1.807) is 11.1 Å². The molecule has 1 aromatic heterocycles. The number of alkyl carbamates (subject to hydrolysis) is 1. The SMILES string of the molecule is CC(C)(C)OC(=O)NCc1cnc(-c2ccc(OC[C@@H]3CCN(C(=O)OCc4ccccc4)C3)cc2)s1. The summed E-state index contributed by atoms with van der Waals surface area (Å²) < 4.78 is 16.7. The topological polar surface area (TPSA) is 90.0 Å². The van der Waals surface area contributed by atoms with Crippen LogP contribution < -0.4 is 10.1 Å². The first-order valence-corrected chi connectivity index (χ1v) is 13.2. The van der Waals surface area contributed by atoms with E-state index in [2.05, 4.69) is 10.3 Å². The van der Waals surface area contributed by atoms with E-state index >= 15 is 0 Å². The largest absolute Gasteiger partial charge is 0.493 e. The minimum atomic E-state index is -0.529. The van der Waals surface area contributed by atoms with Crippen LogP contribution in [0.15, 0.2) is 60.8 Å². The Morgan fingerprint density at radius 2 is 1.86 bits per heavy atom. The summed E-state index contributed by atoms with van der Waals surface area (Å²) in [7, 11) is 0. The summed E-state index contributed by atoms with van der Waals surface area (Å²) in [5.74, 6) is 1.04. The lowest BCUT2D eigenvalue weighted by atomic mass is 10.1. The molecule has 0 bridgehead atoms. The van der Waals surface area contributed by atoms with E-state index in [1.807, 2.05) is 75.4 Å². The summed E-state index contributed by atoms with van der Waals surface area (Å²) in [6, 6.07) is 17.5. The van der Waals surface area contributed by atoms with Gasteiger partial charge in [0.25, 0.3) is 0 Å². The lowest BCUT2D eigenvalue weighted by Crippen LogP contribution is -2.31. The lowest BCUT2D eigenvalue weighted by molar-refractivity contribution is 0.0524. The number of rotatable bonds is 8. The Balaban J connectivity index is 1.19. The number of thiazole rings is 1. The minimum Gasteiger partial charge on any atom is -0.493 e. The molecule has 0 aliphatic carbocycles. The van der Waals surface area contributed by atoms with Gasteiger partial charge in [-0.15, -0.1) is 11.3 Å². The van der Waals surface area contributed by atoms with Gasteiger partial charge in [0.05, 0.1) is 13.2 Å². The third-order valence-electron chi connectivity index (χ3n) is 5.70. The average molecular weight is 524 g/mol. The third kappa shape index (κ3) is 8.21. The Morgan fingerprint density at radius 1 is 1.11 bits per heavy atom. The molecule has 8 nitrogen and oxygen atoms in total. The first kappa shape index (κ1) is 26.5. The quantitative estimate of drug-likeness (QED) is 0.397. The fraction of sp³-hybridized carbons (Fsp3) is 0.393. The van der Waals surface area contributed by atoms with E-state index in [9.17, 15) is 9.59 Å². The summed E-state index contributed by atoms with van der Waals surface area (Å²) in [6.45, 7) is 7.99. The van der Waals surface area contributed by atoms with E-state index in [-0.39, 0.29) is 18.6 Å². The second kappa shape index (κ2) is 12.1. The van der Waals surface area contributed by atoms with Crippen molar-refractivity contribution >= 4 is 23.5 Å². The fourth-order valence-electron chi connectivity index (χ4n) is 3.85. The zero-order valence-electron chi connectivity index (χ0n) is 21.4. The number of nitrogens with zero attached hydrogens (tertiary/aromatic N) is 2. The van der Waals surface area contributed by atoms with Crippen molar-refractivity contribution in [3.8, 4) is 16.3 Å². The number of hydrogen-bond donors (Lipinski definition) is 1. The summed E-state index contributed by atoms with van der Waals surface area (Å²) in [4.78, 5) is 31.4. The fourth-order valence-corrected chi connectivity index (χ4v) is 4.71. The minimum absolute atomic E-state index is 0.267. The maximum Gasteiger partial charge on any atom is 0.410 e. The molecule has 1 saturated heterocycles. The van der Waals surface area contributed by atoms with E-state index in [0.717, 1.165) is 33.2 Å². The molecule has 1 N–H and O–H groups in total. The molecule has 2 heterocycles. The van der Waals surface area contributed by atoms with Crippen LogP contribution in [0.5, 0.6) is 5.75 Å². The molecular formula is C28H33N3O5S. The van der Waals surface area contributed by atoms with Gasteiger partial charge in [-0.1, -0.05) is 30.3 Å². The van der Waals surface area contributed by atoms with Crippen LogP contribution in [0.3, 0.4) is 0 Å². The highest BCUT2D eigenvalue weighted by Crippen LogP contribution is 2.27. The highest BCUT2D eigenvalue weighted by Gasteiger charge is 2.27. The van der Waals surface area contributed by atoms with Crippen LogP contribution in [0.25, 0.3) is 10.6 Å². The first-order chi connectivity index (χ1) is 17.7. The Morgan fingerprint density at radius 3 is 2.59 bits per heavy atom. The number of aromatic nitrogens is 1. The monoisotopic (exact) mass is 523 g/mol. The van der Waals surface area contributed by atoms with Crippen molar-refractivity contribution in [1.29, 1.82) is 0 Å². The molecule has 0 radical (unpaired) electrons. The van der Waals surface area contributed by atoms with E-state index < -0.39 is 11.7 Å². The van der Waals surface area contributed by atoms with Gasteiger partial charge in [-0.05, 0) is 57.0 Å². The van der Waals surface area contributed by atoms with Gasteiger partial charge >= 0.3 is 12.2 Å². The predicted octanol–water partition coefficient (Wildman–Crippen LogP) is 5.87.